The Bertz CT molecular complexity index is 734. The molecule has 0 radical (unpaired) electrons. The van der Waals surface area contributed by atoms with Gasteiger partial charge in [0.2, 0.25) is 5.91 Å². The number of fused-ring (bicyclic) bond motifs is 1. The summed E-state index contributed by atoms with van der Waals surface area (Å²) in [5.41, 5.74) is 2.86. The van der Waals surface area contributed by atoms with Crippen molar-refractivity contribution in [3.05, 3.63) is 53.5 Å². The predicted octanol–water partition coefficient (Wildman–Crippen LogP) is 3.80. The molecule has 0 saturated heterocycles. The van der Waals surface area contributed by atoms with Crippen LogP contribution in [0.15, 0.2) is 45.9 Å². The van der Waals surface area contributed by atoms with Gasteiger partial charge in [-0.15, -0.1) is 11.8 Å². The molecule has 0 spiro atoms. The number of thioether (sulfide) groups is 1. The number of hydrogen-bond acceptors (Lipinski definition) is 4. The Hall–Kier alpha value is -2.19. The number of amides is 1. The highest BCUT2D eigenvalue weighted by Crippen LogP contribution is 2.27. The molecule has 3 rings (SSSR count). The molecule has 4 nitrogen and oxygen atoms in total. The lowest BCUT2D eigenvalue weighted by Gasteiger charge is -2.20. The first-order valence-electron chi connectivity index (χ1n) is 8.18. The highest BCUT2D eigenvalue weighted by molar-refractivity contribution is 8.00. The first-order chi connectivity index (χ1) is 11.8. The van der Waals surface area contributed by atoms with E-state index in [0.29, 0.717) is 25.3 Å². The minimum atomic E-state index is 0.0344. The molecule has 1 aliphatic rings. The zero-order valence-corrected chi connectivity index (χ0v) is 14.3. The number of hydrogen-bond donors (Lipinski definition) is 0. The number of aryl methyl sites for hydroxylation is 2. The van der Waals surface area contributed by atoms with Crippen molar-refractivity contribution in [2.45, 2.75) is 37.1 Å². The first kappa shape index (κ1) is 16.7. The maximum absolute atomic E-state index is 12.5. The third-order valence-corrected chi connectivity index (χ3v) is 5.18. The second-order valence-corrected chi connectivity index (χ2v) is 6.92. The molecule has 124 valence electrons. The summed E-state index contributed by atoms with van der Waals surface area (Å²) in [7, 11) is 0. The number of nitrogens with zero attached hydrogens (tertiary/aromatic N) is 2. The van der Waals surface area contributed by atoms with Crippen LogP contribution in [0, 0.1) is 11.3 Å². The van der Waals surface area contributed by atoms with E-state index in [1.54, 1.807) is 22.9 Å². The Morgan fingerprint density at radius 1 is 1.29 bits per heavy atom. The van der Waals surface area contributed by atoms with Gasteiger partial charge in [-0.05, 0) is 54.7 Å². The predicted molar refractivity (Wildman–Crippen MR) is 93.5 cm³/mol. The Labute approximate surface area is 146 Å². The Morgan fingerprint density at radius 3 is 2.96 bits per heavy atom. The summed E-state index contributed by atoms with van der Waals surface area (Å²) in [5, 5.41) is 8.80. The Kier molecular flexibility index (Phi) is 5.60. The minimum Gasteiger partial charge on any atom is -0.467 e. The Morgan fingerprint density at radius 2 is 2.17 bits per heavy atom. The molecule has 0 atom stereocenters. The lowest BCUT2D eigenvalue weighted by Crippen LogP contribution is -2.32. The van der Waals surface area contributed by atoms with Crippen molar-refractivity contribution in [2.24, 2.45) is 0 Å². The monoisotopic (exact) mass is 340 g/mol. The van der Waals surface area contributed by atoms with Crippen LogP contribution in [-0.2, 0) is 24.2 Å². The van der Waals surface area contributed by atoms with Crippen molar-refractivity contribution in [2.75, 3.05) is 12.3 Å². The average Bonchev–Trinajstić information content (AvgIpc) is 3.27. The van der Waals surface area contributed by atoms with Crippen LogP contribution in [0.1, 0.15) is 29.7 Å². The van der Waals surface area contributed by atoms with Gasteiger partial charge in [-0.3, -0.25) is 4.79 Å². The number of benzene rings is 1. The second-order valence-electron chi connectivity index (χ2n) is 5.88. The summed E-state index contributed by atoms with van der Waals surface area (Å²) in [4.78, 5) is 15.4. The highest BCUT2D eigenvalue weighted by atomic mass is 32.2. The summed E-state index contributed by atoms with van der Waals surface area (Å²) >= 11 is 1.56. The van der Waals surface area contributed by atoms with E-state index >= 15 is 0 Å². The van der Waals surface area contributed by atoms with E-state index in [0.717, 1.165) is 17.1 Å². The number of rotatable bonds is 7. The molecular formula is C19H20N2O2S. The Balaban J connectivity index is 1.59. The molecule has 1 aliphatic carbocycles. The summed E-state index contributed by atoms with van der Waals surface area (Å²) < 4.78 is 5.32. The van der Waals surface area contributed by atoms with Crippen molar-refractivity contribution >= 4 is 17.7 Å². The van der Waals surface area contributed by atoms with E-state index in [9.17, 15) is 4.79 Å². The van der Waals surface area contributed by atoms with Crippen molar-refractivity contribution in [1.82, 2.24) is 4.90 Å². The van der Waals surface area contributed by atoms with Gasteiger partial charge in [-0.1, -0.05) is 6.07 Å². The fourth-order valence-corrected chi connectivity index (χ4v) is 3.80. The van der Waals surface area contributed by atoms with Crippen LogP contribution in [0.5, 0.6) is 0 Å². The third-order valence-electron chi connectivity index (χ3n) is 4.21. The van der Waals surface area contributed by atoms with E-state index in [1.807, 2.05) is 12.1 Å². The lowest BCUT2D eigenvalue weighted by molar-refractivity contribution is -0.129. The molecule has 2 aromatic rings. The molecule has 0 N–H and O–H groups in total. The normalized spacial score (nSPS) is 12.6. The molecule has 0 unspecified atom stereocenters. The van der Waals surface area contributed by atoms with E-state index in [1.165, 1.54) is 24.0 Å². The smallest absolute Gasteiger partial charge is 0.233 e. The van der Waals surface area contributed by atoms with Crippen LogP contribution in [0.3, 0.4) is 0 Å². The van der Waals surface area contributed by atoms with Gasteiger partial charge < -0.3 is 9.32 Å². The third kappa shape index (κ3) is 4.21. The van der Waals surface area contributed by atoms with E-state index in [2.05, 4.69) is 24.3 Å². The molecule has 0 saturated carbocycles. The molecule has 1 aromatic carbocycles. The van der Waals surface area contributed by atoms with Crippen molar-refractivity contribution in [1.29, 1.82) is 5.26 Å². The topological polar surface area (TPSA) is 57.2 Å². The molecule has 0 bridgehead atoms. The largest absolute Gasteiger partial charge is 0.467 e. The molecule has 1 amide bonds. The van der Waals surface area contributed by atoms with Crippen LogP contribution < -0.4 is 0 Å². The summed E-state index contributed by atoms with van der Waals surface area (Å²) in [6.07, 6.45) is 5.47. The van der Waals surface area contributed by atoms with Crippen LogP contribution in [0.4, 0.5) is 0 Å². The van der Waals surface area contributed by atoms with Gasteiger partial charge in [-0.2, -0.15) is 5.26 Å². The van der Waals surface area contributed by atoms with Gasteiger partial charge in [0.1, 0.15) is 5.76 Å². The van der Waals surface area contributed by atoms with E-state index in [-0.39, 0.29) is 5.91 Å². The van der Waals surface area contributed by atoms with Gasteiger partial charge in [-0.25, -0.2) is 0 Å². The highest BCUT2D eigenvalue weighted by Gasteiger charge is 2.16. The second kappa shape index (κ2) is 8.07. The number of carbonyl (C=O) groups is 1. The maximum Gasteiger partial charge on any atom is 0.233 e. The summed E-state index contributed by atoms with van der Waals surface area (Å²) in [5.74, 6) is 1.15. The lowest BCUT2D eigenvalue weighted by atomic mass is 10.1. The van der Waals surface area contributed by atoms with Crippen LogP contribution >= 0.6 is 11.8 Å². The number of furan rings is 1. The fraction of sp³-hybridized carbons (Fsp3) is 0.368. The van der Waals surface area contributed by atoms with Gasteiger partial charge in [0.15, 0.2) is 0 Å². The minimum absolute atomic E-state index is 0.0344. The van der Waals surface area contributed by atoms with Crippen molar-refractivity contribution in [3.8, 4) is 6.07 Å². The van der Waals surface area contributed by atoms with Crippen LogP contribution in [0.25, 0.3) is 0 Å². The average molecular weight is 340 g/mol. The van der Waals surface area contributed by atoms with Gasteiger partial charge in [0, 0.05) is 11.4 Å². The fourth-order valence-electron chi connectivity index (χ4n) is 2.94. The molecule has 0 fully saturated rings. The van der Waals surface area contributed by atoms with Crippen LogP contribution in [-0.4, -0.2) is 23.1 Å². The van der Waals surface area contributed by atoms with E-state index < -0.39 is 0 Å². The molecule has 1 aromatic heterocycles. The SMILES string of the molecule is N#CCCN(Cc1ccco1)C(=O)CSc1ccc2c(c1)CCC2. The van der Waals surface area contributed by atoms with Crippen molar-refractivity contribution < 1.29 is 9.21 Å². The first-order valence-corrected chi connectivity index (χ1v) is 9.16. The van der Waals surface area contributed by atoms with E-state index in [4.69, 9.17) is 9.68 Å². The number of carbonyl (C=O) groups excluding carboxylic acids is 1. The quantitative estimate of drug-likeness (QED) is 0.719. The maximum atomic E-state index is 12.5. The zero-order valence-electron chi connectivity index (χ0n) is 13.5. The summed E-state index contributed by atoms with van der Waals surface area (Å²) in [6.45, 7) is 0.846. The molecule has 5 heteroatoms. The molecule has 1 heterocycles. The summed E-state index contributed by atoms with van der Waals surface area (Å²) in [6, 6.07) is 12.3. The molecule has 24 heavy (non-hydrogen) atoms. The molecular weight excluding hydrogens is 320 g/mol. The standard InChI is InChI=1S/C19H20N2O2S/c20-9-3-10-21(13-17-6-2-11-23-17)19(22)14-24-18-8-7-15-4-1-5-16(15)12-18/h2,6-8,11-12H,1,3-5,10,13-14H2. The van der Waals surface area contributed by atoms with Gasteiger partial charge in [0.05, 0.1) is 31.1 Å². The zero-order chi connectivity index (χ0) is 16.8. The van der Waals surface area contributed by atoms with Crippen molar-refractivity contribution in [3.63, 3.8) is 0 Å². The molecule has 0 aliphatic heterocycles. The van der Waals surface area contributed by atoms with Gasteiger partial charge in [0.25, 0.3) is 0 Å². The van der Waals surface area contributed by atoms with Gasteiger partial charge >= 0.3 is 0 Å². The number of nitriles is 1. The van der Waals surface area contributed by atoms with Crippen LogP contribution in [0.2, 0.25) is 0 Å².